The number of amides is 1. The van der Waals surface area contributed by atoms with Crippen molar-refractivity contribution in [2.24, 2.45) is 14.1 Å². The Hall–Kier alpha value is -3.40. The van der Waals surface area contributed by atoms with Crippen molar-refractivity contribution in [1.82, 2.24) is 24.0 Å². The fourth-order valence-electron chi connectivity index (χ4n) is 3.11. The Kier molecular flexibility index (Phi) is 5.83. The first-order valence-electron chi connectivity index (χ1n) is 8.91. The minimum Gasteiger partial charge on any atom is -0.497 e. The fourth-order valence-corrected chi connectivity index (χ4v) is 3.11. The Morgan fingerprint density at radius 1 is 1.21 bits per heavy atom. The molecule has 3 aromatic rings. The molecule has 1 aromatic carbocycles. The van der Waals surface area contributed by atoms with E-state index in [9.17, 15) is 14.4 Å². The lowest BCUT2D eigenvalue weighted by atomic mass is 10.1. The van der Waals surface area contributed by atoms with Crippen molar-refractivity contribution >= 4 is 17.1 Å². The van der Waals surface area contributed by atoms with Crippen LogP contribution in [0.2, 0.25) is 0 Å². The van der Waals surface area contributed by atoms with Crippen LogP contribution < -0.4 is 21.3 Å². The largest absolute Gasteiger partial charge is 0.497 e. The molecule has 0 aliphatic carbocycles. The maximum Gasteiger partial charge on any atom is 0.332 e. The van der Waals surface area contributed by atoms with E-state index in [0.29, 0.717) is 5.75 Å². The Labute approximate surface area is 166 Å². The Morgan fingerprint density at radius 3 is 2.66 bits per heavy atom. The van der Waals surface area contributed by atoms with E-state index in [2.05, 4.69) is 10.3 Å². The van der Waals surface area contributed by atoms with Crippen molar-refractivity contribution in [2.45, 2.75) is 12.6 Å². The fraction of sp³-hybridized carbons (Fsp3) is 0.368. The van der Waals surface area contributed by atoms with Gasteiger partial charge in [0.05, 0.1) is 19.5 Å². The quantitative estimate of drug-likeness (QED) is 0.594. The van der Waals surface area contributed by atoms with Gasteiger partial charge in [0, 0.05) is 27.7 Å². The second-order valence-electron chi connectivity index (χ2n) is 6.56. The normalized spacial score (nSPS) is 12.1. The summed E-state index contributed by atoms with van der Waals surface area (Å²) >= 11 is 0. The summed E-state index contributed by atoms with van der Waals surface area (Å²) in [6, 6.07) is 7.40. The van der Waals surface area contributed by atoms with Gasteiger partial charge in [-0.15, -0.1) is 0 Å². The van der Waals surface area contributed by atoms with Gasteiger partial charge in [0.2, 0.25) is 5.91 Å². The van der Waals surface area contributed by atoms with Gasteiger partial charge in [-0.2, -0.15) is 0 Å². The minimum absolute atomic E-state index is 0.113. The maximum atomic E-state index is 12.5. The molecule has 2 heterocycles. The molecule has 1 atom stereocenters. The molecule has 0 aliphatic rings. The summed E-state index contributed by atoms with van der Waals surface area (Å²) in [6.07, 6.45) is 1.02. The maximum absolute atomic E-state index is 12.5. The van der Waals surface area contributed by atoms with Gasteiger partial charge in [-0.1, -0.05) is 12.1 Å². The number of aryl methyl sites for hydroxylation is 1. The van der Waals surface area contributed by atoms with Crippen molar-refractivity contribution in [2.75, 3.05) is 20.8 Å². The van der Waals surface area contributed by atoms with Crippen molar-refractivity contribution < 1.29 is 14.3 Å². The minimum atomic E-state index is -0.500. The number of benzene rings is 1. The van der Waals surface area contributed by atoms with Crippen LogP contribution in [0, 0.1) is 0 Å². The zero-order valence-corrected chi connectivity index (χ0v) is 16.7. The summed E-state index contributed by atoms with van der Waals surface area (Å²) in [5, 5.41) is 2.80. The van der Waals surface area contributed by atoms with Gasteiger partial charge in [0.25, 0.3) is 5.56 Å². The predicted octanol–water partition coefficient (Wildman–Crippen LogP) is -0.0538. The van der Waals surface area contributed by atoms with Gasteiger partial charge in [-0.05, 0) is 17.7 Å². The van der Waals surface area contributed by atoms with Gasteiger partial charge >= 0.3 is 5.69 Å². The Morgan fingerprint density at radius 2 is 1.97 bits per heavy atom. The van der Waals surface area contributed by atoms with Gasteiger partial charge in [0.15, 0.2) is 11.2 Å². The molecule has 2 aromatic heterocycles. The van der Waals surface area contributed by atoms with E-state index < -0.39 is 11.2 Å². The number of fused-ring (bicyclic) bond motifs is 1. The lowest BCUT2D eigenvalue weighted by Crippen LogP contribution is -2.38. The SMILES string of the molecule is COc1cccc(C(CNC(=O)Cn2cnc3c2c(=O)n(C)c(=O)n3C)OC)c1. The first-order valence-corrected chi connectivity index (χ1v) is 8.91. The van der Waals surface area contributed by atoms with Gasteiger partial charge < -0.3 is 19.4 Å². The van der Waals surface area contributed by atoms with E-state index in [-0.39, 0.29) is 36.3 Å². The molecule has 10 heteroatoms. The van der Waals surface area contributed by atoms with Crippen LogP contribution in [0.3, 0.4) is 0 Å². The molecule has 0 aliphatic heterocycles. The third kappa shape index (κ3) is 3.92. The molecule has 10 nitrogen and oxygen atoms in total. The molecule has 0 saturated heterocycles. The van der Waals surface area contributed by atoms with Crippen LogP contribution in [-0.2, 0) is 30.2 Å². The van der Waals surface area contributed by atoms with Crippen LogP contribution in [-0.4, -0.2) is 45.4 Å². The van der Waals surface area contributed by atoms with E-state index in [4.69, 9.17) is 9.47 Å². The number of nitrogens with one attached hydrogen (secondary N) is 1. The van der Waals surface area contributed by atoms with E-state index in [1.807, 2.05) is 24.3 Å². The third-order valence-electron chi connectivity index (χ3n) is 4.77. The molecular formula is C19H23N5O5. The monoisotopic (exact) mass is 401 g/mol. The number of hydrogen-bond acceptors (Lipinski definition) is 6. The Balaban J connectivity index is 1.76. The number of aromatic nitrogens is 4. The number of ether oxygens (including phenoxy) is 2. The van der Waals surface area contributed by atoms with Crippen LogP contribution in [0.15, 0.2) is 40.2 Å². The highest BCUT2D eigenvalue weighted by atomic mass is 16.5. The second kappa shape index (κ2) is 8.31. The van der Waals surface area contributed by atoms with Gasteiger partial charge in [0.1, 0.15) is 12.3 Å². The highest BCUT2D eigenvalue weighted by Crippen LogP contribution is 2.21. The number of imidazole rings is 1. The number of carbonyl (C=O) groups is 1. The molecule has 0 spiro atoms. The summed E-state index contributed by atoms with van der Waals surface area (Å²) in [5.41, 5.74) is 0.319. The molecule has 0 fully saturated rings. The molecule has 1 unspecified atom stereocenters. The van der Waals surface area contributed by atoms with Crippen LogP contribution in [0.4, 0.5) is 0 Å². The second-order valence-corrected chi connectivity index (χ2v) is 6.56. The summed E-state index contributed by atoms with van der Waals surface area (Å²) in [7, 11) is 6.06. The molecule has 1 amide bonds. The van der Waals surface area contributed by atoms with E-state index in [0.717, 1.165) is 10.1 Å². The average Bonchev–Trinajstić information content (AvgIpc) is 3.14. The van der Waals surface area contributed by atoms with Crippen molar-refractivity contribution in [1.29, 1.82) is 0 Å². The standard InChI is InChI=1S/C19H23N5O5/c1-22-17-16(18(26)23(2)19(22)27)24(11-21-17)10-15(25)20-9-14(29-4)12-6-5-7-13(8-12)28-3/h5-8,11,14H,9-10H2,1-4H3,(H,20,25). The lowest BCUT2D eigenvalue weighted by Gasteiger charge is -2.17. The summed E-state index contributed by atoms with van der Waals surface area (Å²) in [6.45, 7) is 0.129. The molecule has 0 saturated carbocycles. The van der Waals surface area contributed by atoms with E-state index >= 15 is 0 Å². The van der Waals surface area contributed by atoms with Crippen molar-refractivity contribution in [3.63, 3.8) is 0 Å². The van der Waals surface area contributed by atoms with Gasteiger partial charge in [-0.3, -0.25) is 18.7 Å². The molecule has 154 valence electrons. The topological polar surface area (TPSA) is 109 Å². The zero-order chi connectivity index (χ0) is 21.1. The lowest BCUT2D eigenvalue weighted by molar-refractivity contribution is -0.122. The number of rotatable bonds is 7. The molecule has 3 rings (SSSR count). The number of carbonyl (C=O) groups excluding carboxylic acids is 1. The van der Waals surface area contributed by atoms with Gasteiger partial charge in [-0.25, -0.2) is 9.78 Å². The van der Waals surface area contributed by atoms with Crippen molar-refractivity contribution in [3.05, 3.63) is 57.0 Å². The Bertz CT molecular complexity index is 1160. The molecule has 29 heavy (non-hydrogen) atoms. The van der Waals surface area contributed by atoms with Crippen LogP contribution in [0.1, 0.15) is 11.7 Å². The summed E-state index contributed by atoms with van der Waals surface area (Å²) in [4.78, 5) is 41.0. The number of nitrogens with zero attached hydrogens (tertiary/aromatic N) is 4. The molecule has 0 bridgehead atoms. The molecule has 0 radical (unpaired) electrons. The molecular weight excluding hydrogens is 378 g/mol. The smallest absolute Gasteiger partial charge is 0.332 e. The van der Waals surface area contributed by atoms with E-state index in [1.54, 1.807) is 14.2 Å². The average molecular weight is 401 g/mol. The number of hydrogen-bond donors (Lipinski definition) is 1. The highest BCUT2D eigenvalue weighted by molar-refractivity contribution is 5.78. The zero-order valence-electron chi connectivity index (χ0n) is 16.7. The van der Waals surface area contributed by atoms with E-state index in [1.165, 1.54) is 29.6 Å². The number of methoxy groups -OCH3 is 2. The first kappa shape index (κ1) is 20.3. The van der Waals surface area contributed by atoms with Crippen LogP contribution in [0.25, 0.3) is 11.2 Å². The first-order chi connectivity index (χ1) is 13.9. The van der Waals surface area contributed by atoms with Crippen LogP contribution in [0.5, 0.6) is 5.75 Å². The molecule has 1 N–H and O–H groups in total. The highest BCUT2D eigenvalue weighted by Gasteiger charge is 2.17. The van der Waals surface area contributed by atoms with Crippen molar-refractivity contribution in [3.8, 4) is 5.75 Å². The van der Waals surface area contributed by atoms with Crippen LogP contribution >= 0.6 is 0 Å². The third-order valence-corrected chi connectivity index (χ3v) is 4.77. The summed E-state index contributed by atoms with van der Waals surface area (Å²) in [5.74, 6) is 0.382. The summed E-state index contributed by atoms with van der Waals surface area (Å²) < 4.78 is 14.4. The predicted molar refractivity (Wildman–Crippen MR) is 106 cm³/mol.